The molecule has 174 valence electrons. The molecule has 5 heteroatoms. The largest absolute Gasteiger partial charge is 0.508 e. The van der Waals surface area contributed by atoms with Crippen molar-refractivity contribution >= 4 is 17.3 Å². The highest BCUT2D eigenvalue weighted by Crippen LogP contribution is 2.37. The van der Waals surface area contributed by atoms with E-state index in [4.69, 9.17) is 4.99 Å². The SMILES string of the molecule is C=C/C=C\C=C(/C)CC1=NC2(C)C(/C=C/C3C=CC=CC3)NC(c3ccc(O)cc3)=CN2C1=O. The first-order chi connectivity index (χ1) is 16.4. The van der Waals surface area contributed by atoms with Crippen molar-refractivity contribution in [3.8, 4) is 5.75 Å². The van der Waals surface area contributed by atoms with Gasteiger partial charge in [0.05, 0.1) is 11.7 Å². The van der Waals surface area contributed by atoms with Crippen LogP contribution >= 0.6 is 0 Å². The molecule has 0 bridgehead atoms. The quantitative estimate of drug-likeness (QED) is 0.427. The number of carbonyl (C=O) groups excluding carboxylic acids is 1. The molecule has 3 atom stereocenters. The number of phenols is 1. The van der Waals surface area contributed by atoms with Crippen molar-refractivity contribution in [1.82, 2.24) is 10.2 Å². The third kappa shape index (κ3) is 4.88. The lowest BCUT2D eigenvalue weighted by Gasteiger charge is -2.42. The molecule has 0 spiro atoms. The summed E-state index contributed by atoms with van der Waals surface area (Å²) in [6.07, 6.45) is 23.5. The highest BCUT2D eigenvalue weighted by atomic mass is 16.3. The van der Waals surface area contributed by atoms with Gasteiger partial charge in [0.25, 0.3) is 5.91 Å². The Morgan fingerprint density at radius 1 is 1.26 bits per heavy atom. The molecular formula is C29H31N3O2. The number of phenolic OH excluding ortho intramolecular Hbond substituents is 1. The van der Waals surface area contributed by atoms with E-state index < -0.39 is 5.66 Å². The van der Waals surface area contributed by atoms with Gasteiger partial charge in [0.15, 0.2) is 5.66 Å². The van der Waals surface area contributed by atoms with Crippen LogP contribution in [0, 0.1) is 5.92 Å². The first-order valence-electron chi connectivity index (χ1n) is 11.6. The Labute approximate surface area is 201 Å². The van der Waals surface area contributed by atoms with Gasteiger partial charge in [0.1, 0.15) is 11.5 Å². The van der Waals surface area contributed by atoms with Crippen LogP contribution in [0.5, 0.6) is 5.75 Å². The Balaban J connectivity index is 1.68. The van der Waals surface area contributed by atoms with Crippen LogP contribution in [0.2, 0.25) is 0 Å². The topological polar surface area (TPSA) is 64.9 Å². The van der Waals surface area contributed by atoms with E-state index in [0.717, 1.165) is 23.3 Å². The Hall–Kier alpha value is -3.86. The monoisotopic (exact) mass is 453 g/mol. The van der Waals surface area contributed by atoms with Crippen LogP contribution in [0.15, 0.2) is 108 Å². The zero-order chi connectivity index (χ0) is 24.1. The first-order valence-corrected chi connectivity index (χ1v) is 11.6. The number of carbonyl (C=O) groups is 1. The molecule has 2 heterocycles. The molecule has 3 unspecified atom stereocenters. The molecule has 0 fully saturated rings. The Morgan fingerprint density at radius 3 is 2.76 bits per heavy atom. The number of hydrogen-bond acceptors (Lipinski definition) is 4. The number of fused-ring (bicyclic) bond motifs is 1. The van der Waals surface area contributed by atoms with E-state index in [9.17, 15) is 9.90 Å². The number of aromatic hydroxyl groups is 1. The Kier molecular flexibility index (Phi) is 6.82. The molecule has 5 nitrogen and oxygen atoms in total. The van der Waals surface area contributed by atoms with Gasteiger partial charge in [0.2, 0.25) is 0 Å². The van der Waals surface area contributed by atoms with Gasteiger partial charge in [0, 0.05) is 12.6 Å². The predicted molar refractivity (Wildman–Crippen MR) is 139 cm³/mol. The van der Waals surface area contributed by atoms with Crippen molar-refractivity contribution in [3.05, 3.63) is 109 Å². The van der Waals surface area contributed by atoms with E-state index in [2.05, 4.69) is 48.4 Å². The van der Waals surface area contributed by atoms with Gasteiger partial charge in [-0.25, -0.2) is 0 Å². The molecule has 1 amide bonds. The molecule has 3 aliphatic rings. The van der Waals surface area contributed by atoms with Gasteiger partial charge in [-0.3, -0.25) is 14.7 Å². The molecule has 0 saturated carbocycles. The molecule has 0 radical (unpaired) electrons. The second-order valence-corrected chi connectivity index (χ2v) is 8.95. The Morgan fingerprint density at radius 2 is 2.06 bits per heavy atom. The van der Waals surface area contributed by atoms with E-state index in [1.807, 2.05) is 50.4 Å². The van der Waals surface area contributed by atoms with Crippen molar-refractivity contribution in [2.24, 2.45) is 10.9 Å². The first kappa shape index (κ1) is 23.3. The molecule has 34 heavy (non-hydrogen) atoms. The molecule has 4 rings (SSSR count). The van der Waals surface area contributed by atoms with Crippen LogP contribution in [0.3, 0.4) is 0 Å². The summed E-state index contributed by atoms with van der Waals surface area (Å²) in [6.45, 7) is 7.68. The van der Waals surface area contributed by atoms with Crippen molar-refractivity contribution in [3.63, 3.8) is 0 Å². The lowest BCUT2D eigenvalue weighted by molar-refractivity contribution is -0.124. The second-order valence-electron chi connectivity index (χ2n) is 8.95. The molecule has 0 saturated heterocycles. The molecule has 1 aliphatic carbocycles. The minimum absolute atomic E-state index is 0.0837. The molecule has 0 aromatic heterocycles. The number of rotatable bonds is 7. The summed E-state index contributed by atoms with van der Waals surface area (Å²) in [5.41, 5.74) is 2.54. The fourth-order valence-corrected chi connectivity index (χ4v) is 4.36. The van der Waals surface area contributed by atoms with Crippen molar-refractivity contribution in [2.75, 3.05) is 0 Å². The summed E-state index contributed by atoms with van der Waals surface area (Å²) in [4.78, 5) is 20.2. The van der Waals surface area contributed by atoms with Gasteiger partial charge in [-0.2, -0.15) is 0 Å². The zero-order valence-electron chi connectivity index (χ0n) is 19.7. The number of aliphatic imine (C=N–C) groups is 1. The van der Waals surface area contributed by atoms with Gasteiger partial charge in [-0.1, -0.05) is 72.9 Å². The standard InChI is InChI=1S/C29H31N3O2/c1-4-5-7-10-21(2)19-25-28(34)32-20-26(23-14-16-24(33)17-15-23)30-27(29(32,3)31-25)18-13-22-11-8-6-9-12-22/h4-11,13-18,20,22,27,30,33H,1,12,19H2,2-3H3/b7-5-,18-13+,21-10+. The van der Waals surface area contributed by atoms with E-state index in [-0.39, 0.29) is 17.7 Å². The summed E-state index contributed by atoms with van der Waals surface area (Å²) in [5.74, 6) is 0.433. The summed E-state index contributed by atoms with van der Waals surface area (Å²) in [5, 5.41) is 13.3. The highest BCUT2D eigenvalue weighted by Gasteiger charge is 2.49. The maximum atomic E-state index is 13.5. The predicted octanol–water partition coefficient (Wildman–Crippen LogP) is 5.43. The third-order valence-corrected chi connectivity index (χ3v) is 6.29. The van der Waals surface area contributed by atoms with E-state index in [1.54, 1.807) is 23.1 Å². The summed E-state index contributed by atoms with van der Waals surface area (Å²) >= 11 is 0. The average Bonchev–Trinajstić information content (AvgIpc) is 3.08. The lowest BCUT2D eigenvalue weighted by Crippen LogP contribution is -2.57. The normalized spacial score (nSPS) is 26.6. The molecule has 1 aromatic carbocycles. The number of amides is 1. The van der Waals surface area contributed by atoms with Gasteiger partial charge in [-0.05, 0) is 56.0 Å². The maximum absolute atomic E-state index is 13.5. The van der Waals surface area contributed by atoms with Crippen LogP contribution in [-0.4, -0.2) is 33.3 Å². The fourth-order valence-electron chi connectivity index (χ4n) is 4.36. The number of benzene rings is 1. The van der Waals surface area contributed by atoms with E-state index >= 15 is 0 Å². The van der Waals surface area contributed by atoms with Crippen LogP contribution in [0.25, 0.3) is 5.70 Å². The molecule has 2 N–H and O–H groups in total. The number of hydrogen-bond donors (Lipinski definition) is 2. The van der Waals surface area contributed by atoms with Crippen LogP contribution in [-0.2, 0) is 4.79 Å². The van der Waals surface area contributed by atoms with Crippen LogP contribution < -0.4 is 5.32 Å². The van der Waals surface area contributed by atoms with E-state index in [1.165, 1.54) is 0 Å². The summed E-state index contributed by atoms with van der Waals surface area (Å²) in [6, 6.07) is 6.76. The fraction of sp³-hybridized carbons (Fsp3) is 0.241. The average molecular weight is 454 g/mol. The maximum Gasteiger partial charge on any atom is 0.274 e. The minimum Gasteiger partial charge on any atom is -0.508 e. The molecular weight excluding hydrogens is 422 g/mol. The lowest BCUT2D eigenvalue weighted by atomic mass is 9.93. The number of nitrogens with one attached hydrogen (secondary N) is 1. The van der Waals surface area contributed by atoms with Gasteiger partial charge >= 0.3 is 0 Å². The van der Waals surface area contributed by atoms with Crippen molar-refractivity contribution in [2.45, 2.75) is 38.4 Å². The Bertz CT molecular complexity index is 1160. The number of allylic oxidation sites excluding steroid dienone is 10. The molecule has 1 aromatic rings. The minimum atomic E-state index is -0.769. The van der Waals surface area contributed by atoms with Crippen LogP contribution in [0.1, 0.15) is 32.3 Å². The van der Waals surface area contributed by atoms with E-state index in [0.29, 0.717) is 18.1 Å². The smallest absolute Gasteiger partial charge is 0.274 e. The highest BCUT2D eigenvalue weighted by molar-refractivity contribution is 6.41. The summed E-state index contributed by atoms with van der Waals surface area (Å²) in [7, 11) is 0. The van der Waals surface area contributed by atoms with Gasteiger partial charge in [-0.15, -0.1) is 0 Å². The second kappa shape index (κ2) is 9.96. The van der Waals surface area contributed by atoms with Gasteiger partial charge < -0.3 is 10.4 Å². The molecule has 2 aliphatic heterocycles. The number of nitrogens with zero attached hydrogens (tertiary/aromatic N) is 2. The van der Waals surface area contributed by atoms with Crippen molar-refractivity contribution in [1.29, 1.82) is 0 Å². The van der Waals surface area contributed by atoms with Crippen molar-refractivity contribution < 1.29 is 9.90 Å². The summed E-state index contributed by atoms with van der Waals surface area (Å²) < 4.78 is 0. The third-order valence-electron chi connectivity index (χ3n) is 6.29. The van der Waals surface area contributed by atoms with Crippen LogP contribution in [0.4, 0.5) is 0 Å². The zero-order valence-corrected chi connectivity index (χ0v) is 19.7.